The maximum absolute atomic E-state index is 13.1. The van der Waals surface area contributed by atoms with Gasteiger partial charge in [0.1, 0.15) is 12.2 Å². The van der Waals surface area contributed by atoms with Gasteiger partial charge in [-0.25, -0.2) is 9.59 Å². The Morgan fingerprint density at radius 2 is 2.03 bits per heavy atom. The van der Waals surface area contributed by atoms with Gasteiger partial charge in [-0.3, -0.25) is 0 Å². The number of methoxy groups -OCH3 is 1. The second-order valence-electron chi connectivity index (χ2n) is 8.57. The number of quaternary nitrogens is 1. The van der Waals surface area contributed by atoms with E-state index in [2.05, 4.69) is 0 Å². The fraction of sp³-hybridized carbons (Fsp3) is 0.714. The maximum Gasteiger partial charge on any atom is 0.344 e. The topological polar surface area (TPSA) is 125 Å². The molecule has 0 spiro atoms. The number of fused-ring (bicyclic) bond motifs is 1. The summed E-state index contributed by atoms with van der Waals surface area (Å²) in [5.74, 6) is -1.54. The van der Waals surface area contributed by atoms with Crippen LogP contribution in [0, 0.1) is 5.21 Å². The van der Waals surface area contributed by atoms with E-state index in [-0.39, 0.29) is 13.2 Å². The summed E-state index contributed by atoms with van der Waals surface area (Å²) < 4.78 is 15.4. The Morgan fingerprint density at radius 1 is 1.40 bits per heavy atom. The molecule has 5 atom stereocenters. The van der Waals surface area contributed by atoms with Crippen molar-refractivity contribution in [3.63, 3.8) is 0 Å². The number of hydrogen-bond acceptors (Lipinski definition) is 8. The number of rotatable bonds is 8. The predicted molar refractivity (Wildman–Crippen MR) is 108 cm³/mol. The van der Waals surface area contributed by atoms with E-state index in [4.69, 9.17) is 14.2 Å². The molecule has 3 unspecified atom stereocenters. The molecule has 0 aromatic carbocycles. The molecule has 0 bridgehead atoms. The van der Waals surface area contributed by atoms with Crippen molar-refractivity contribution in [1.29, 1.82) is 0 Å². The first-order chi connectivity index (χ1) is 13.8. The molecule has 2 aliphatic rings. The van der Waals surface area contributed by atoms with E-state index in [0.717, 1.165) is 0 Å². The lowest BCUT2D eigenvalue weighted by molar-refractivity contribution is -0.877. The molecule has 1 saturated heterocycles. The Kier molecular flexibility index (Phi) is 7.15. The summed E-state index contributed by atoms with van der Waals surface area (Å²) in [6.07, 6.45) is 2.08. The fourth-order valence-electron chi connectivity index (χ4n) is 4.04. The van der Waals surface area contributed by atoms with Crippen molar-refractivity contribution in [2.24, 2.45) is 0 Å². The van der Waals surface area contributed by atoms with Crippen molar-refractivity contribution in [1.82, 2.24) is 0 Å². The van der Waals surface area contributed by atoms with Crippen LogP contribution in [0.15, 0.2) is 23.3 Å². The minimum atomic E-state index is -2.31. The van der Waals surface area contributed by atoms with Gasteiger partial charge in [0, 0.05) is 24.7 Å². The number of carbonyl (C=O) groups is 2. The second kappa shape index (κ2) is 8.76. The molecule has 2 heterocycles. The van der Waals surface area contributed by atoms with Gasteiger partial charge < -0.3 is 34.3 Å². The van der Waals surface area contributed by atoms with Crippen LogP contribution in [0.1, 0.15) is 41.0 Å². The van der Waals surface area contributed by atoms with Crippen molar-refractivity contribution in [3.8, 4) is 0 Å². The summed E-state index contributed by atoms with van der Waals surface area (Å²) in [4.78, 5) is 24.9. The van der Waals surface area contributed by atoms with Gasteiger partial charge in [-0.1, -0.05) is 6.08 Å². The van der Waals surface area contributed by atoms with Gasteiger partial charge >= 0.3 is 11.9 Å². The van der Waals surface area contributed by atoms with E-state index >= 15 is 0 Å². The minimum absolute atomic E-state index is 0.193. The summed E-state index contributed by atoms with van der Waals surface area (Å²) in [5, 5.41) is 34.3. The molecule has 2 rings (SSSR count). The highest BCUT2D eigenvalue weighted by atomic mass is 16.6. The van der Waals surface area contributed by atoms with Crippen LogP contribution >= 0.6 is 0 Å². The average molecular weight is 427 g/mol. The van der Waals surface area contributed by atoms with E-state index in [1.165, 1.54) is 27.9 Å². The van der Waals surface area contributed by atoms with Gasteiger partial charge in [0.15, 0.2) is 12.1 Å². The Hall–Kier alpha value is -1.78. The van der Waals surface area contributed by atoms with E-state index in [0.29, 0.717) is 24.1 Å². The van der Waals surface area contributed by atoms with E-state index in [9.17, 15) is 25.0 Å². The first-order valence-electron chi connectivity index (χ1n) is 10.1. The van der Waals surface area contributed by atoms with Crippen LogP contribution in [0.25, 0.3) is 0 Å². The van der Waals surface area contributed by atoms with Crippen molar-refractivity contribution < 1.29 is 38.7 Å². The molecule has 0 saturated carbocycles. The van der Waals surface area contributed by atoms with Gasteiger partial charge in [-0.05, 0) is 40.7 Å². The molecule has 0 aromatic rings. The van der Waals surface area contributed by atoms with Crippen LogP contribution in [0.3, 0.4) is 0 Å². The fourth-order valence-corrected chi connectivity index (χ4v) is 4.04. The Morgan fingerprint density at radius 3 is 2.57 bits per heavy atom. The van der Waals surface area contributed by atoms with Crippen molar-refractivity contribution in [3.05, 3.63) is 28.5 Å². The SMILES string of the molecule is C/C=C(\C)C(=O)O[C@H]1CC[N+]2([O-])CC=C(COC(=O)C(O)(C(C)OC)C(C)(C)O)[C@H]12. The monoisotopic (exact) mass is 427 g/mol. The normalized spacial score (nSPS) is 29.6. The second-order valence-corrected chi connectivity index (χ2v) is 8.57. The van der Waals surface area contributed by atoms with Crippen LogP contribution in [0.5, 0.6) is 0 Å². The van der Waals surface area contributed by atoms with Gasteiger partial charge in [-0.15, -0.1) is 0 Å². The first kappa shape index (κ1) is 24.5. The molecule has 30 heavy (non-hydrogen) atoms. The molecule has 9 nitrogen and oxygen atoms in total. The summed E-state index contributed by atoms with van der Waals surface area (Å²) in [6, 6.07) is -0.665. The number of aliphatic hydroxyl groups is 2. The van der Waals surface area contributed by atoms with Crippen LogP contribution in [0.4, 0.5) is 0 Å². The molecular weight excluding hydrogens is 394 g/mol. The third kappa shape index (κ3) is 4.31. The number of nitrogens with zero attached hydrogens (tertiary/aromatic N) is 1. The lowest BCUT2D eigenvalue weighted by atomic mass is 9.81. The molecule has 1 fully saturated rings. The number of ether oxygens (including phenoxy) is 3. The summed E-state index contributed by atoms with van der Waals surface area (Å²) in [6.45, 7) is 7.62. The van der Waals surface area contributed by atoms with Crippen LogP contribution in [0.2, 0.25) is 0 Å². The quantitative estimate of drug-likeness (QED) is 0.193. The van der Waals surface area contributed by atoms with E-state index in [1.54, 1.807) is 26.0 Å². The number of hydroxylamine groups is 3. The Labute approximate surface area is 177 Å². The van der Waals surface area contributed by atoms with E-state index in [1.807, 2.05) is 0 Å². The van der Waals surface area contributed by atoms with Gasteiger partial charge in [-0.2, -0.15) is 0 Å². The zero-order chi connectivity index (χ0) is 22.9. The summed E-state index contributed by atoms with van der Waals surface area (Å²) in [7, 11) is 1.31. The molecule has 0 amide bonds. The smallest absolute Gasteiger partial charge is 0.344 e. The van der Waals surface area contributed by atoms with Crippen LogP contribution in [-0.4, -0.2) is 83.1 Å². The molecule has 170 valence electrons. The van der Waals surface area contributed by atoms with Gasteiger partial charge in [0.25, 0.3) is 0 Å². The molecule has 0 aliphatic carbocycles. The Balaban J connectivity index is 2.14. The molecule has 9 heteroatoms. The van der Waals surface area contributed by atoms with Crippen LogP contribution < -0.4 is 0 Å². The molecule has 2 N–H and O–H groups in total. The summed E-state index contributed by atoms with van der Waals surface area (Å²) >= 11 is 0. The molecule has 0 aromatic heterocycles. The minimum Gasteiger partial charge on any atom is -0.632 e. The van der Waals surface area contributed by atoms with Crippen molar-refractivity contribution in [2.75, 3.05) is 26.8 Å². The van der Waals surface area contributed by atoms with Crippen molar-refractivity contribution in [2.45, 2.75) is 70.5 Å². The number of carbonyl (C=O) groups excluding carboxylic acids is 2. The zero-order valence-electron chi connectivity index (χ0n) is 18.5. The first-order valence-corrected chi connectivity index (χ1v) is 10.1. The Bertz CT molecular complexity index is 740. The number of esters is 2. The molecule has 0 radical (unpaired) electrons. The highest BCUT2D eigenvalue weighted by molar-refractivity contribution is 5.87. The number of hydrogen-bond donors (Lipinski definition) is 2. The maximum atomic E-state index is 13.1. The lowest BCUT2D eigenvalue weighted by Gasteiger charge is -2.41. The standard InChI is InChI=1S/C21H33NO8/c1-7-13(2)18(23)30-16-9-11-22(27)10-8-15(17(16)22)12-29-19(24)21(26,14(3)28-6)20(4,5)25/h7-8,14,16-17,25-26H,9-12H2,1-6H3/b13-7+/t14?,16-,17+,21?,22?/m0/s1. The average Bonchev–Trinajstić information content (AvgIpc) is 3.18. The van der Waals surface area contributed by atoms with E-state index < -0.39 is 46.0 Å². The lowest BCUT2D eigenvalue weighted by Crippen LogP contribution is -2.63. The third-order valence-electron chi connectivity index (χ3n) is 6.26. The highest BCUT2D eigenvalue weighted by Gasteiger charge is 2.56. The van der Waals surface area contributed by atoms with Crippen molar-refractivity contribution >= 4 is 11.9 Å². The largest absolute Gasteiger partial charge is 0.632 e. The number of allylic oxidation sites excluding steroid dienone is 1. The molecular formula is C21H33NO8. The molecule has 2 aliphatic heterocycles. The summed E-state index contributed by atoms with van der Waals surface area (Å²) in [5.41, 5.74) is -3.16. The van der Waals surface area contributed by atoms with Gasteiger partial charge in [0.05, 0.1) is 19.2 Å². The van der Waals surface area contributed by atoms with Gasteiger partial charge in [0.2, 0.25) is 5.60 Å². The highest BCUT2D eigenvalue weighted by Crippen LogP contribution is 2.38. The van der Waals surface area contributed by atoms with Crippen LogP contribution in [-0.2, 0) is 23.8 Å². The zero-order valence-corrected chi connectivity index (χ0v) is 18.5. The third-order valence-corrected chi connectivity index (χ3v) is 6.26. The predicted octanol–water partition coefficient (Wildman–Crippen LogP) is 0.971.